The summed E-state index contributed by atoms with van der Waals surface area (Å²) in [6.45, 7) is 7.39. The lowest BCUT2D eigenvalue weighted by Crippen LogP contribution is -2.23. The van der Waals surface area contributed by atoms with Crippen LogP contribution in [-0.2, 0) is 6.54 Å². The molecule has 0 amide bonds. The Morgan fingerprint density at radius 2 is 2.21 bits per heavy atom. The van der Waals surface area contributed by atoms with Gasteiger partial charge in [-0.25, -0.2) is 0 Å². The first-order valence-corrected chi connectivity index (χ1v) is 6.59. The summed E-state index contributed by atoms with van der Waals surface area (Å²) in [6.07, 6.45) is 1.18. The molecule has 0 saturated carbocycles. The van der Waals surface area contributed by atoms with E-state index in [0.717, 1.165) is 30.9 Å². The summed E-state index contributed by atoms with van der Waals surface area (Å²) in [5.41, 5.74) is 2.47. The molecule has 1 aromatic rings. The fourth-order valence-electron chi connectivity index (χ4n) is 2.67. The normalized spacial score (nSPS) is 18.5. The molecule has 1 fully saturated rings. The molecular weight excluding hydrogens is 242 g/mol. The quantitative estimate of drug-likeness (QED) is 0.670. The van der Waals surface area contributed by atoms with Crippen LogP contribution in [0.2, 0.25) is 0 Å². The van der Waals surface area contributed by atoms with Crippen LogP contribution in [0.1, 0.15) is 25.8 Å². The summed E-state index contributed by atoms with van der Waals surface area (Å²) in [7, 11) is 1.85. The molecule has 0 aliphatic carbocycles. The minimum absolute atomic E-state index is 0.160. The van der Waals surface area contributed by atoms with Crippen LogP contribution in [0.25, 0.3) is 0 Å². The van der Waals surface area contributed by atoms with Gasteiger partial charge in [-0.15, -0.1) is 0 Å². The summed E-state index contributed by atoms with van der Waals surface area (Å²) in [4.78, 5) is 12.9. The van der Waals surface area contributed by atoms with Crippen LogP contribution in [0.3, 0.4) is 0 Å². The van der Waals surface area contributed by atoms with Crippen LogP contribution in [0.4, 0.5) is 11.4 Å². The molecule has 0 spiro atoms. The maximum atomic E-state index is 10.9. The number of hydrogen-bond acceptors (Lipinski definition) is 4. The van der Waals surface area contributed by atoms with Gasteiger partial charge in [0.25, 0.3) is 5.69 Å². The zero-order valence-electron chi connectivity index (χ0n) is 11.8. The van der Waals surface area contributed by atoms with E-state index in [-0.39, 0.29) is 10.6 Å². The zero-order valence-corrected chi connectivity index (χ0v) is 11.8. The summed E-state index contributed by atoms with van der Waals surface area (Å²) >= 11 is 0. The van der Waals surface area contributed by atoms with Crippen LogP contribution in [0.15, 0.2) is 18.2 Å². The van der Waals surface area contributed by atoms with Crippen molar-refractivity contribution in [2.45, 2.75) is 26.8 Å². The number of nitro groups is 1. The number of nitrogens with one attached hydrogen (secondary N) is 1. The van der Waals surface area contributed by atoms with Crippen molar-refractivity contribution in [3.63, 3.8) is 0 Å². The first-order chi connectivity index (χ1) is 8.91. The van der Waals surface area contributed by atoms with E-state index in [1.54, 1.807) is 18.2 Å². The average Bonchev–Trinajstić information content (AvgIpc) is 2.68. The first-order valence-electron chi connectivity index (χ1n) is 6.59. The lowest BCUT2D eigenvalue weighted by molar-refractivity contribution is -0.384. The van der Waals surface area contributed by atoms with E-state index in [2.05, 4.69) is 24.1 Å². The van der Waals surface area contributed by atoms with Crippen LogP contribution in [0.5, 0.6) is 0 Å². The first kappa shape index (κ1) is 13.8. The maximum Gasteiger partial charge on any atom is 0.269 e. The van der Waals surface area contributed by atoms with E-state index in [0.29, 0.717) is 5.41 Å². The second kappa shape index (κ2) is 5.17. The number of likely N-dealkylation sites (tertiary alicyclic amines) is 1. The van der Waals surface area contributed by atoms with Crippen molar-refractivity contribution in [3.05, 3.63) is 33.9 Å². The predicted molar refractivity (Wildman–Crippen MR) is 76.3 cm³/mol. The Hall–Kier alpha value is -1.62. The molecule has 2 rings (SSSR count). The van der Waals surface area contributed by atoms with Crippen molar-refractivity contribution < 1.29 is 4.92 Å². The van der Waals surface area contributed by atoms with Crippen LogP contribution >= 0.6 is 0 Å². The molecule has 0 radical (unpaired) electrons. The number of hydrogen-bond donors (Lipinski definition) is 1. The maximum absolute atomic E-state index is 10.9. The van der Waals surface area contributed by atoms with Gasteiger partial charge in [0.2, 0.25) is 0 Å². The van der Waals surface area contributed by atoms with Gasteiger partial charge in [-0.2, -0.15) is 0 Å². The van der Waals surface area contributed by atoms with Crippen molar-refractivity contribution in [1.29, 1.82) is 0 Å². The van der Waals surface area contributed by atoms with Crippen molar-refractivity contribution in [3.8, 4) is 0 Å². The second-order valence-corrected chi connectivity index (χ2v) is 5.97. The van der Waals surface area contributed by atoms with Gasteiger partial charge in [-0.3, -0.25) is 15.0 Å². The molecule has 1 heterocycles. The lowest BCUT2D eigenvalue weighted by atomic mass is 9.93. The highest BCUT2D eigenvalue weighted by Crippen LogP contribution is 2.31. The summed E-state index contributed by atoms with van der Waals surface area (Å²) in [5.74, 6) is 0. The molecule has 1 aromatic carbocycles. The molecule has 0 bridgehead atoms. The highest BCUT2D eigenvalue weighted by Gasteiger charge is 2.29. The number of rotatable bonds is 4. The van der Waals surface area contributed by atoms with Gasteiger partial charge < -0.3 is 5.32 Å². The van der Waals surface area contributed by atoms with Crippen molar-refractivity contribution in [1.82, 2.24) is 4.90 Å². The standard InChI is InChI=1S/C14H21N3O2/c1-14(2)6-7-16(10-14)9-11-8-12(17(18)19)4-5-13(11)15-3/h4-5,8,15H,6-7,9-10H2,1-3H3. The van der Waals surface area contributed by atoms with E-state index >= 15 is 0 Å². The third kappa shape index (κ3) is 3.23. The molecule has 0 atom stereocenters. The van der Waals surface area contributed by atoms with Gasteiger partial charge in [0.15, 0.2) is 0 Å². The predicted octanol–water partition coefficient (Wildman–Crippen LogP) is 2.87. The average molecular weight is 263 g/mol. The monoisotopic (exact) mass is 263 g/mol. The van der Waals surface area contributed by atoms with Gasteiger partial charge in [-0.1, -0.05) is 13.8 Å². The minimum Gasteiger partial charge on any atom is -0.388 e. The Kier molecular flexibility index (Phi) is 3.75. The molecule has 104 valence electrons. The number of nitrogens with zero attached hydrogens (tertiary/aromatic N) is 2. The van der Waals surface area contributed by atoms with Gasteiger partial charge in [0.1, 0.15) is 0 Å². The van der Waals surface area contributed by atoms with Crippen LogP contribution in [0, 0.1) is 15.5 Å². The van der Waals surface area contributed by atoms with Crippen LogP contribution in [-0.4, -0.2) is 30.0 Å². The van der Waals surface area contributed by atoms with Gasteiger partial charge in [-0.05, 0) is 30.0 Å². The fraction of sp³-hybridized carbons (Fsp3) is 0.571. The molecule has 1 N–H and O–H groups in total. The number of benzene rings is 1. The Labute approximate surface area is 113 Å². The fourth-order valence-corrected chi connectivity index (χ4v) is 2.67. The minimum atomic E-state index is -0.336. The van der Waals surface area contributed by atoms with Gasteiger partial charge in [0, 0.05) is 38.0 Å². The van der Waals surface area contributed by atoms with E-state index in [1.165, 1.54) is 6.42 Å². The van der Waals surface area contributed by atoms with Gasteiger partial charge >= 0.3 is 0 Å². The van der Waals surface area contributed by atoms with Crippen LogP contribution < -0.4 is 5.32 Å². The molecule has 19 heavy (non-hydrogen) atoms. The van der Waals surface area contributed by atoms with E-state index in [4.69, 9.17) is 0 Å². The topological polar surface area (TPSA) is 58.4 Å². The van der Waals surface area contributed by atoms with E-state index in [9.17, 15) is 10.1 Å². The second-order valence-electron chi connectivity index (χ2n) is 5.97. The summed E-state index contributed by atoms with van der Waals surface area (Å²) in [6, 6.07) is 5.01. The third-order valence-corrected chi connectivity index (χ3v) is 3.72. The Balaban J connectivity index is 2.18. The molecule has 0 aromatic heterocycles. The highest BCUT2D eigenvalue weighted by atomic mass is 16.6. The Morgan fingerprint density at radius 1 is 1.47 bits per heavy atom. The molecule has 1 saturated heterocycles. The Morgan fingerprint density at radius 3 is 2.74 bits per heavy atom. The largest absolute Gasteiger partial charge is 0.388 e. The smallest absolute Gasteiger partial charge is 0.269 e. The van der Waals surface area contributed by atoms with E-state index < -0.39 is 0 Å². The number of non-ortho nitro benzene ring substituents is 1. The van der Waals surface area contributed by atoms with Gasteiger partial charge in [0.05, 0.1) is 4.92 Å². The molecule has 1 aliphatic rings. The number of nitro benzene ring substituents is 1. The Bertz CT molecular complexity index is 486. The third-order valence-electron chi connectivity index (χ3n) is 3.72. The zero-order chi connectivity index (χ0) is 14.0. The molecular formula is C14H21N3O2. The van der Waals surface area contributed by atoms with Crippen molar-refractivity contribution in [2.24, 2.45) is 5.41 Å². The molecule has 1 aliphatic heterocycles. The highest BCUT2D eigenvalue weighted by molar-refractivity contribution is 5.55. The SMILES string of the molecule is CNc1ccc([N+](=O)[O-])cc1CN1CCC(C)(C)C1. The lowest BCUT2D eigenvalue weighted by Gasteiger charge is -2.20. The summed E-state index contributed by atoms with van der Waals surface area (Å²) < 4.78 is 0. The molecule has 0 unspecified atom stereocenters. The van der Waals surface area contributed by atoms with Crippen molar-refractivity contribution >= 4 is 11.4 Å². The number of anilines is 1. The molecule has 5 nitrogen and oxygen atoms in total. The summed E-state index contributed by atoms with van der Waals surface area (Å²) in [5, 5.41) is 14.0. The molecule has 5 heteroatoms. The van der Waals surface area contributed by atoms with Crippen molar-refractivity contribution in [2.75, 3.05) is 25.5 Å². The van der Waals surface area contributed by atoms with E-state index in [1.807, 2.05) is 7.05 Å².